The van der Waals surface area contributed by atoms with E-state index in [9.17, 15) is 4.79 Å². The van der Waals surface area contributed by atoms with Crippen molar-refractivity contribution in [2.45, 2.75) is 31.9 Å². The van der Waals surface area contributed by atoms with Gasteiger partial charge in [-0.2, -0.15) is 0 Å². The fourth-order valence-electron chi connectivity index (χ4n) is 2.13. The molecular formula is C15H19N3O2. The summed E-state index contributed by atoms with van der Waals surface area (Å²) in [5.74, 6) is 5.42. The van der Waals surface area contributed by atoms with Gasteiger partial charge in [0.25, 0.3) is 5.91 Å². The van der Waals surface area contributed by atoms with Gasteiger partial charge >= 0.3 is 0 Å². The number of carbonyl (C=O) groups excluding carboxylic acids is 1. The van der Waals surface area contributed by atoms with Crippen molar-refractivity contribution < 1.29 is 9.53 Å². The van der Waals surface area contributed by atoms with Crippen molar-refractivity contribution >= 4 is 5.91 Å². The number of rotatable bonds is 3. The third-order valence-electron chi connectivity index (χ3n) is 3.21. The summed E-state index contributed by atoms with van der Waals surface area (Å²) in [6.07, 6.45) is 3.72. The maximum atomic E-state index is 12.1. The summed E-state index contributed by atoms with van der Waals surface area (Å²) in [5.41, 5.74) is 6.43. The lowest BCUT2D eigenvalue weighted by molar-refractivity contribution is 0.0709. The SMILES string of the molecule is CC(NC(=O)c1ccc(C#CCN)cn1)C1CCCO1. The topological polar surface area (TPSA) is 77.2 Å². The molecule has 1 amide bonds. The van der Waals surface area contributed by atoms with Crippen molar-refractivity contribution in [2.24, 2.45) is 5.73 Å². The highest BCUT2D eigenvalue weighted by molar-refractivity contribution is 5.92. The maximum Gasteiger partial charge on any atom is 0.270 e. The van der Waals surface area contributed by atoms with E-state index in [1.54, 1.807) is 18.3 Å². The van der Waals surface area contributed by atoms with E-state index in [-0.39, 0.29) is 18.1 Å². The number of hydrogen-bond acceptors (Lipinski definition) is 4. The lowest BCUT2D eigenvalue weighted by Crippen LogP contribution is -2.41. The van der Waals surface area contributed by atoms with Crippen LogP contribution in [0.5, 0.6) is 0 Å². The van der Waals surface area contributed by atoms with Gasteiger partial charge in [0.15, 0.2) is 0 Å². The molecule has 5 heteroatoms. The Morgan fingerprint density at radius 2 is 2.50 bits per heavy atom. The third-order valence-corrected chi connectivity index (χ3v) is 3.21. The minimum Gasteiger partial charge on any atom is -0.376 e. The summed E-state index contributed by atoms with van der Waals surface area (Å²) in [4.78, 5) is 16.2. The standard InChI is InChI=1S/C15H19N3O2/c1-11(14-5-3-9-20-14)18-15(19)13-7-6-12(10-17-13)4-2-8-16/h6-7,10-11,14H,3,5,8-9,16H2,1H3,(H,18,19). The summed E-state index contributed by atoms with van der Waals surface area (Å²) in [7, 11) is 0. The normalized spacial score (nSPS) is 19.0. The van der Waals surface area contributed by atoms with E-state index in [1.165, 1.54) is 0 Å². The highest BCUT2D eigenvalue weighted by atomic mass is 16.5. The van der Waals surface area contributed by atoms with Gasteiger partial charge < -0.3 is 15.8 Å². The molecule has 0 radical (unpaired) electrons. The van der Waals surface area contributed by atoms with Crippen LogP contribution in [0.1, 0.15) is 35.8 Å². The number of hydrogen-bond donors (Lipinski definition) is 2. The van der Waals surface area contributed by atoms with E-state index in [0.29, 0.717) is 12.2 Å². The highest BCUT2D eigenvalue weighted by Crippen LogP contribution is 2.15. The molecule has 106 valence electrons. The molecule has 2 heterocycles. The molecule has 0 saturated carbocycles. The molecule has 1 aliphatic rings. The van der Waals surface area contributed by atoms with E-state index in [1.807, 2.05) is 6.92 Å². The molecule has 5 nitrogen and oxygen atoms in total. The molecule has 3 N–H and O–H groups in total. The number of pyridine rings is 1. The summed E-state index contributed by atoms with van der Waals surface area (Å²) in [5, 5.41) is 2.92. The first-order valence-electron chi connectivity index (χ1n) is 6.78. The second-order valence-corrected chi connectivity index (χ2v) is 4.75. The van der Waals surface area contributed by atoms with Crippen LogP contribution < -0.4 is 11.1 Å². The molecule has 1 fully saturated rings. The molecule has 1 aromatic rings. The lowest BCUT2D eigenvalue weighted by atomic mass is 10.1. The van der Waals surface area contributed by atoms with Crippen molar-refractivity contribution in [3.63, 3.8) is 0 Å². The van der Waals surface area contributed by atoms with Crippen molar-refractivity contribution in [3.8, 4) is 11.8 Å². The van der Waals surface area contributed by atoms with Gasteiger partial charge in [0, 0.05) is 18.4 Å². The van der Waals surface area contributed by atoms with Crippen LogP contribution in [0.4, 0.5) is 0 Å². The van der Waals surface area contributed by atoms with E-state index >= 15 is 0 Å². The summed E-state index contributed by atoms with van der Waals surface area (Å²) in [6, 6.07) is 3.42. The number of carbonyl (C=O) groups is 1. The Balaban J connectivity index is 1.94. The lowest BCUT2D eigenvalue weighted by Gasteiger charge is -2.19. The van der Waals surface area contributed by atoms with Crippen LogP contribution in [-0.2, 0) is 4.74 Å². The molecule has 0 aromatic carbocycles. The predicted molar refractivity (Wildman–Crippen MR) is 76.1 cm³/mol. The van der Waals surface area contributed by atoms with Gasteiger partial charge in [0.1, 0.15) is 5.69 Å². The minimum atomic E-state index is -0.189. The molecule has 0 bridgehead atoms. The van der Waals surface area contributed by atoms with Gasteiger partial charge in [0.2, 0.25) is 0 Å². The molecule has 2 unspecified atom stereocenters. The first kappa shape index (κ1) is 14.5. The van der Waals surface area contributed by atoms with E-state index < -0.39 is 0 Å². The summed E-state index contributed by atoms with van der Waals surface area (Å²) in [6.45, 7) is 3.04. The zero-order valence-corrected chi connectivity index (χ0v) is 11.6. The summed E-state index contributed by atoms with van der Waals surface area (Å²) >= 11 is 0. The second kappa shape index (κ2) is 7.04. The molecule has 1 saturated heterocycles. The zero-order chi connectivity index (χ0) is 14.4. The number of nitrogens with two attached hydrogens (primary N) is 1. The van der Waals surface area contributed by atoms with Crippen LogP contribution in [-0.4, -0.2) is 36.2 Å². The number of ether oxygens (including phenoxy) is 1. The first-order chi connectivity index (χ1) is 9.70. The minimum absolute atomic E-state index is 0.0106. The molecule has 0 aliphatic carbocycles. The van der Waals surface area contributed by atoms with E-state index in [2.05, 4.69) is 22.1 Å². The maximum absolute atomic E-state index is 12.1. The Morgan fingerprint density at radius 3 is 3.10 bits per heavy atom. The molecule has 2 rings (SSSR count). The average molecular weight is 273 g/mol. The largest absolute Gasteiger partial charge is 0.376 e. The molecule has 20 heavy (non-hydrogen) atoms. The Kier molecular flexibility index (Phi) is 5.10. The fourth-order valence-corrected chi connectivity index (χ4v) is 2.13. The van der Waals surface area contributed by atoms with Crippen LogP contribution in [0, 0.1) is 11.8 Å². The Labute approximate surface area is 118 Å². The molecule has 1 aromatic heterocycles. The van der Waals surface area contributed by atoms with E-state index in [0.717, 1.165) is 25.0 Å². The number of nitrogens with zero attached hydrogens (tertiary/aromatic N) is 1. The zero-order valence-electron chi connectivity index (χ0n) is 11.6. The van der Waals surface area contributed by atoms with Crippen LogP contribution in [0.15, 0.2) is 18.3 Å². The van der Waals surface area contributed by atoms with Gasteiger partial charge in [-0.3, -0.25) is 4.79 Å². The van der Waals surface area contributed by atoms with Crippen LogP contribution in [0.25, 0.3) is 0 Å². The molecule has 2 atom stereocenters. The number of aromatic nitrogens is 1. The molecule has 0 spiro atoms. The van der Waals surface area contributed by atoms with Gasteiger partial charge in [-0.25, -0.2) is 4.98 Å². The van der Waals surface area contributed by atoms with Crippen LogP contribution >= 0.6 is 0 Å². The summed E-state index contributed by atoms with van der Waals surface area (Å²) < 4.78 is 5.55. The van der Waals surface area contributed by atoms with E-state index in [4.69, 9.17) is 10.5 Å². The highest BCUT2D eigenvalue weighted by Gasteiger charge is 2.24. The van der Waals surface area contributed by atoms with Crippen molar-refractivity contribution in [1.82, 2.24) is 10.3 Å². The van der Waals surface area contributed by atoms with Crippen molar-refractivity contribution in [2.75, 3.05) is 13.2 Å². The quantitative estimate of drug-likeness (QED) is 0.794. The smallest absolute Gasteiger partial charge is 0.270 e. The van der Waals surface area contributed by atoms with Gasteiger partial charge in [0.05, 0.1) is 18.7 Å². The van der Waals surface area contributed by atoms with Gasteiger partial charge in [-0.15, -0.1) is 0 Å². The Morgan fingerprint density at radius 1 is 1.65 bits per heavy atom. The Bertz CT molecular complexity index is 510. The van der Waals surface area contributed by atoms with Gasteiger partial charge in [-0.05, 0) is 31.9 Å². The number of nitrogens with one attached hydrogen (secondary N) is 1. The van der Waals surface area contributed by atoms with Crippen LogP contribution in [0.2, 0.25) is 0 Å². The average Bonchev–Trinajstić information content (AvgIpc) is 3.00. The Hall–Kier alpha value is -1.90. The van der Waals surface area contributed by atoms with Crippen molar-refractivity contribution in [3.05, 3.63) is 29.6 Å². The molecular weight excluding hydrogens is 254 g/mol. The molecule has 1 aliphatic heterocycles. The monoisotopic (exact) mass is 273 g/mol. The van der Waals surface area contributed by atoms with Crippen LogP contribution in [0.3, 0.4) is 0 Å². The second-order valence-electron chi connectivity index (χ2n) is 4.75. The predicted octanol–water partition coefficient (Wildman–Crippen LogP) is 0.689. The number of amides is 1. The third kappa shape index (κ3) is 3.80. The fraction of sp³-hybridized carbons (Fsp3) is 0.467. The van der Waals surface area contributed by atoms with Gasteiger partial charge in [-0.1, -0.05) is 11.8 Å². The van der Waals surface area contributed by atoms with Crippen molar-refractivity contribution in [1.29, 1.82) is 0 Å². The first-order valence-corrected chi connectivity index (χ1v) is 6.78.